The molecule has 2 aliphatic rings. The fraction of sp³-hybridized carbons (Fsp3) is 0.667. The van der Waals surface area contributed by atoms with Crippen molar-refractivity contribution in [2.24, 2.45) is 11.3 Å². The summed E-state index contributed by atoms with van der Waals surface area (Å²) in [5, 5.41) is 3.86. The second-order valence-electron chi connectivity index (χ2n) is 8.63. The monoisotopic (exact) mass is 423 g/mol. The Balaban J connectivity index is 1.71. The number of benzene rings is 1. The molecule has 144 valence electrons. The van der Waals surface area contributed by atoms with Gasteiger partial charge in [-0.15, -0.1) is 0 Å². The highest BCUT2D eigenvalue weighted by Crippen LogP contribution is 2.40. The van der Waals surface area contributed by atoms with E-state index in [1.54, 1.807) is 6.07 Å². The number of hydrogen-bond donors (Lipinski definition) is 1. The molecule has 1 aromatic carbocycles. The summed E-state index contributed by atoms with van der Waals surface area (Å²) in [5.74, 6) is 1.26. The van der Waals surface area contributed by atoms with Gasteiger partial charge in [-0.1, -0.05) is 20.8 Å². The van der Waals surface area contributed by atoms with Crippen molar-refractivity contribution in [1.29, 1.82) is 0 Å². The second kappa shape index (κ2) is 7.89. The van der Waals surface area contributed by atoms with E-state index in [-0.39, 0.29) is 12.0 Å². The Labute approximate surface area is 165 Å². The lowest BCUT2D eigenvalue weighted by Gasteiger charge is -2.39. The van der Waals surface area contributed by atoms with Crippen molar-refractivity contribution in [3.05, 3.63) is 27.7 Å². The third kappa shape index (κ3) is 4.25. The molecule has 1 unspecified atom stereocenters. The van der Waals surface area contributed by atoms with Gasteiger partial charge in [0.1, 0.15) is 5.75 Å². The van der Waals surface area contributed by atoms with Crippen LogP contribution in [0.2, 0.25) is 0 Å². The molecular formula is C21H30BrNO3. The molecule has 0 spiro atoms. The molecule has 1 atom stereocenters. The van der Waals surface area contributed by atoms with Crippen LogP contribution in [0.15, 0.2) is 16.6 Å². The summed E-state index contributed by atoms with van der Waals surface area (Å²) >= 11 is 3.52. The van der Waals surface area contributed by atoms with E-state index in [9.17, 15) is 4.79 Å². The second-order valence-corrected chi connectivity index (χ2v) is 9.49. The van der Waals surface area contributed by atoms with Crippen LogP contribution in [-0.2, 0) is 4.74 Å². The van der Waals surface area contributed by atoms with E-state index in [2.05, 4.69) is 42.0 Å². The fourth-order valence-corrected chi connectivity index (χ4v) is 4.78. The summed E-state index contributed by atoms with van der Waals surface area (Å²) in [6.07, 6.45) is 6.01. The van der Waals surface area contributed by atoms with Crippen LogP contribution < -0.4 is 10.1 Å². The first-order chi connectivity index (χ1) is 12.3. The van der Waals surface area contributed by atoms with Crippen molar-refractivity contribution >= 4 is 21.9 Å². The van der Waals surface area contributed by atoms with Crippen molar-refractivity contribution in [2.75, 3.05) is 13.7 Å². The van der Waals surface area contributed by atoms with Gasteiger partial charge in [0.15, 0.2) is 0 Å². The maximum Gasteiger partial charge on any atom is 0.339 e. The van der Waals surface area contributed by atoms with E-state index in [0.29, 0.717) is 23.6 Å². The minimum atomic E-state index is -0.348. The standard InChI is InChI=1S/C21H30BrNO3/c1-21(2,3)13-5-7-14(8-6-13)23-18-9-10-26-19-12-15(20(24)25-4)17(22)11-16(18)19/h11-14,18,23H,5-10H2,1-4H3/t13-,14-,18?. The van der Waals surface area contributed by atoms with Crippen molar-refractivity contribution in [2.45, 2.75) is 65.0 Å². The quantitative estimate of drug-likeness (QED) is 0.673. The van der Waals surface area contributed by atoms with E-state index in [1.165, 1.54) is 32.8 Å². The molecule has 1 heterocycles. The number of carbonyl (C=O) groups excluding carboxylic acids is 1. The average molecular weight is 424 g/mol. The van der Waals surface area contributed by atoms with Gasteiger partial charge in [-0.3, -0.25) is 0 Å². The summed E-state index contributed by atoms with van der Waals surface area (Å²) in [5.41, 5.74) is 2.05. The van der Waals surface area contributed by atoms with Crippen LogP contribution in [-0.4, -0.2) is 25.7 Å². The molecule has 0 saturated heterocycles. The molecule has 0 bridgehead atoms. The van der Waals surface area contributed by atoms with E-state index < -0.39 is 0 Å². The third-order valence-electron chi connectivity index (χ3n) is 5.93. The Morgan fingerprint density at radius 2 is 1.88 bits per heavy atom. The van der Waals surface area contributed by atoms with Crippen LogP contribution in [0.1, 0.15) is 74.8 Å². The van der Waals surface area contributed by atoms with Crippen LogP contribution in [0.25, 0.3) is 0 Å². The van der Waals surface area contributed by atoms with E-state index in [1.807, 2.05) is 6.07 Å². The molecule has 1 saturated carbocycles. The predicted molar refractivity (Wildman–Crippen MR) is 107 cm³/mol. The van der Waals surface area contributed by atoms with Crippen molar-refractivity contribution < 1.29 is 14.3 Å². The zero-order chi connectivity index (χ0) is 18.9. The number of halogens is 1. The number of carbonyl (C=O) groups is 1. The van der Waals surface area contributed by atoms with Gasteiger partial charge >= 0.3 is 5.97 Å². The highest BCUT2D eigenvalue weighted by atomic mass is 79.9. The van der Waals surface area contributed by atoms with Gasteiger partial charge in [-0.2, -0.15) is 0 Å². The molecule has 26 heavy (non-hydrogen) atoms. The number of rotatable bonds is 3. The largest absolute Gasteiger partial charge is 0.493 e. The number of hydrogen-bond acceptors (Lipinski definition) is 4. The van der Waals surface area contributed by atoms with Gasteiger partial charge in [0.25, 0.3) is 0 Å². The van der Waals surface area contributed by atoms with E-state index in [0.717, 1.165) is 28.1 Å². The first kappa shape index (κ1) is 19.7. The van der Waals surface area contributed by atoms with Gasteiger partial charge in [-0.05, 0) is 65.1 Å². The summed E-state index contributed by atoms with van der Waals surface area (Å²) in [7, 11) is 1.40. The molecule has 1 fully saturated rings. The smallest absolute Gasteiger partial charge is 0.339 e. The van der Waals surface area contributed by atoms with Crippen molar-refractivity contribution in [1.82, 2.24) is 5.32 Å². The van der Waals surface area contributed by atoms with Crippen molar-refractivity contribution in [3.8, 4) is 5.75 Å². The molecule has 5 heteroatoms. The van der Waals surface area contributed by atoms with Gasteiger partial charge in [0.05, 0.1) is 19.3 Å². The zero-order valence-corrected chi connectivity index (χ0v) is 17.8. The van der Waals surface area contributed by atoms with E-state index in [4.69, 9.17) is 9.47 Å². The topological polar surface area (TPSA) is 47.6 Å². The number of fused-ring (bicyclic) bond motifs is 1. The van der Waals surface area contributed by atoms with Gasteiger partial charge in [0.2, 0.25) is 0 Å². The van der Waals surface area contributed by atoms with Gasteiger partial charge < -0.3 is 14.8 Å². The molecule has 0 amide bonds. The van der Waals surface area contributed by atoms with Crippen LogP contribution in [0.5, 0.6) is 5.75 Å². The lowest BCUT2D eigenvalue weighted by molar-refractivity contribution is 0.0598. The van der Waals surface area contributed by atoms with Crippen molar-refractivity contribution in [3.63, 3.8) is 0 Å². The Morgan fingerprint density at radius 3 is 2.50 bits per heavy atom. The molecular weight excluding hydrogens is 394 g/mol. The third-order valence-corrected chi connectivity index (χ3v) is 6.59. The number of nitrogens with one attached hydrogen (secondary N) is 1. The molecule has 1 aromatic rings. The number of methoxy groups -OCH3 is 1. The summed E-state index contributed by atoms with van der Waals surface area (Å²) in [6, 6.07) is 4.65. The number of ether oxygens (including phenoxy) is 2. The molecule has 4 nitrogen and oxygen atoms in total. The molecule has 1 N–H and O–H groups in total. The molecule has 1 aliphatic heterocycles. The molecule has 3 rings (SSSR count). The lowest BCUT2D eigenvalue weighted by Crippen LogP contribution is -2.39. The first-order valence-electron chi connectivity index (χ1n) is 9.60. The summed E-state index contributed by atoms with van der Waals surface area (Å²) in [6.45, 7) is 7.74. The minimum Gasteiger partial charge on any atom is -0.493 e. The normalized spacial score (nSPS) is 26.0. The lowest BCUT2D eigenvalue weighted by atomic mass is 9.71. The van der Waals surface area contributed by atoms with Crippen LogP contribution in [0.4, 0.5) is 0 Å². The Bertz CT molecular complexity index is 660. The Kier molecular flexibility index (Phi) is 5.97. The highest BCUT2D eigenvalue weighted by Gasteiger charge is 2.32. The van der Waals surface area contributed by atoms with Gasteiger partial charge in [0, 0.05) is 28.5 Å². The number of esters is 1. The fourth-order valence-electron chi connectivity index (χ4n) is 4.26. The Hall–Kier alpha value is -1.07. The maximum absolute atomic E-state index is 11.9. The van der Waals surface area contributed by atoms with Gasteiger partial charge in [-0.25, -0.2) is 4.79 Å². The van der Waals surface area contributed by atoms with Crippen LogP contribution in [0.3, 0.4) is 0 Å². The molecule has 0 radical (unpaired) electrons. The zero-order valence-electron chi connectivity index (χ0n) is 16.2. The van der Waals surface area contributed by atoms with Crippen LogP contribution in [0, 0.1) is 11.3 Å². The summed E-state index contributed by atoms with van der Waals surface area (Å²) < 4.78 is 11.4. The maximum atomic E-state index is 11.9. The van der Waals surface area contributed by atoms with Crippen LogP contribution >= 0.6 is 15.9 Å². The SMILES string of the molecule is COC(=O)c1cc2c(cc1Br)C(N[C@H]1CC[C@H](C(C)(C)C)CC1)CCO2. The average Bonchev–Trinajstić information content (AvgIpc) is 2.61. The predicted octanol–water partition coefficient (Wildman–Crippen LogP) is 5.25. The minimum absolute atomic E-state index is 0.276. The molecule has 0 aromatic heterocycles. The molecule has 1 aliphatic carbocycles. The first-order valence-corrected chi connectivity index (χ1v) is 10.4. The summed E-state index contributed by atoms with van der Waals surface area (Å²) in [4.78, 5) is 11.9. The van der Waals surface area contributed by atoms with E-state index >= 15 is 0 Å². The highest BCUT2D eigenvalue weighted by molar-refractivity contribution is 9.10. The Morgan fingerprint density at radius 1 is 1.19 bits per heavy atom.